The molecule has 0 bridgehead atoms. The topological polar surface area (TPSA) is 33.7 Å². The first-order chi connectivity index (χ1) is 13.3. The van der Waals surface area contributed by atoms with Gasteiger partial charge in [-0.05, 0) is 29.7 Å². The first-order valence-electron chi connectivity index (χ1n) is 10.0. The summed E-state index contributed by atoms with van der Waals surface area (Å²) >= 11 is 0. The highest BCUT2D eigenvalue weighted by atomic mass is 16.5. The van der Waals surface area contributed by atoms with E-state index in [1.807, 2.05) is 0 Å². The molecule has 0 aromatic heterocycles. The van der Waals surface area contributed by atoms with Gasteiger partial charge in [-0.3, -0.25) is 4.90 Å². The van der Waals surface area contributed by atoms with Gasteiger partial charge < -0.3 is 14.8 Å². The Labute approximate surface area is 163 Å². The van der Waals surface area contributed by atoms with E-state index in [1.165, 1.54) is 16.7 Å². The Hall–Kier alpha value is -1.88. The smallest absolute Gasteiger partial charge is 0.123 e. The van der Waals surface area contributed by atoms with E-state index in [9.17, 15) is 0 Å². The van der Waals surface area contributed by atoms with Crippen molar-refractivity contribution in [3.8, 4) is 5.75 Å². The number of morpholine rings is 1. The lowest BCUT2D eigenvalue weighted by molar-refractivity contribution is 0.0339. The monoisotopic (exact) mass is 368 g/mol. The highest BCUT2D eigenvalue weighted by Gasteiger charge is 2.15. The van der Waals surface area contributed by atoms with Gasteiger partial charge in [-0.25, -0.2) is 0 Å². The van der Waals surface area contributed by atoms with E-state index in [4.69, 9.17) is 9.47 Å². The molecule has 0 saturated carbocycles. The normalized spacial score (nSPS) is 16.2. The van der Waals surface area contributed by atoms with E-state index >= 15 is 0 Å². The van der Waals surface area contributed by atoms with Crippen LogP contribution in [0.5, 0.6) is 5.75 Å². The second kappa shape index (κ2) is 10.5. The van der Waals surface area contributed by atoms with Crippen molar-refractivity contribution in [1.29, 1.82) is 0 Å². The van der Waals surface area contributed by atoms with Crippen LogP contribution in [0.3, 0.4) is 0 Å². The number of methoxy groups -OCH3 is 1. The number of hydrogen-bond donors (Lipinski definition) is 1. The number of hydrogen-bond acceptors (Lipinski definition) is 4. The van der Waals surface area contributed by atoms with Crippen LogP contribution >= 0.6 is 0 Å². The molecule has 27 heavy (non-hydrogen) atoms. The van der Waals surface area contributed by atoms with Crippen molar-refractivity contribution in [1.82, 2.24) is 10.2 Å². The summed E-state index contributed by atoms with van der Waals surface area (Å²) in [5, 5.41) is 3.75. The van der Waals surface area contributed by atoms with E-state index in [2.05, 4.69) is 65.7 Å². The fourth-order valence-corrected chi connectivity index (χ4v) is 3.67. The zero-order chi connectivity index (χ0) is 18.9. The highest BCUT2D eigenvalue weighted by molar-refractivity contribution is 5.37. The predicted octanol–water partition coefficient (Wildman–Crippen LogP) is 4.16. The van der Waals surface area contributed by atoms with Crippen LogP contribution in [0.1, 0.15) is 42.5 Å². The van der Waals surface area contributed by atoms with Gasteiger partial charge in [-0.2, -0.15) is 0 Å². The Bertz CT molecular complexity index is 684. The van der Waals surface area contributed by atoms with E-state index < -0.39 is 0 Å². The van der Waals surface area contributed by atoms with Crippen LogP contribution < -0.4 is 10.1 Å². The minimum absolute atomic E-state index is 0.390. The molecule has 1 aliphatic heterocycles. The van der Waals surface area contributed by atoms with Gasteiger partial charge >= 0.3 is 0 Å². The number of benzene rings is 2. The average molecular weight is 369 g/mol. The van der Waals surface area contributed by atoms with Gasteiger partial charge in [0.25, 0.3) is 0 Å². The van der Waals surface area contributed by atoms with E-state index in [0.29, 0.717) is 6.04 Å². The third-order valence-corrected chi connectivity index (χ3v) is 5.17. The third-order valence-electron chi connectivity index (χ3n) is 5.17. The van der Waals surface area contributed by atoms with Crippen LogP contribution in [0.2, 0.25) is 0 Å². The lowest BCUT2D eigenvalue weighted by Gasteiger charge is -2.27. The molecule has 1 heterocycles. The summed E-state index contributed by atoms with van der Waals surface area (Å²) < 4.78 is 11.1. The summed E-state index contributed by atoms with van der Waals surface area (Å²) in [5.41, 5.74) is 3.92. The van der Waals surface area contributed by atoms with Gasteiger partial charge in [0, 0.05) is 37.8 Å². The van der Waals surface area contributed by atoms with Crippen molar-refractivity contribution in [2.24, 2.45) is 0 Å². The van der Waals surface area contributed by atoms with Gasteiger partial charge in [-0.15, -0.1) is 0 Å². The van der Waals surface area contributed by atoms with Crippen LogP contribution in [-0.2, 0) is 17.8 Å². The Morgan fingerprint density at radius 2 is 1.89 bits per heavy atom. The average Bonchev–Trinajstić information content (AvgIpc) is 2.73. The molecule has 2 aromatic rings. The SMILES string of the molecule is CCCC(NCc1ccc(OC)c(CN2CCOCC2)c1)c1ccccc1. The summed E-state index contributed by atoms with van der Waals surface area (Å²) in [4.78, 5) is 2.43. The molecule has 0 spiro atoms. The number of nitrogens with one attached hydrogen (secondary N) is 1. The minimum Gasteiger partial charge on any atom is -0.496 e. The summed E-state index contributed by atoms with van der Waals surface area (Å²) in [6.07, 6.45) is 2.30. The molecule has 146 valence electrons. The third kappa shape index (κ3) is 5.80. The van der Waals surface area contributed by atoms with Gasteiger partial charge in [0.2, 0.25) is 0 Å². The molecular formula is C23H32N2O2. The zero-order valence-electron chi connectivity index (χ0n) is 16.6. The fraction of sp³-hybridized carbons (Fsp3) is 0.478. The van der Waals surface area contributed by atoms with Crippen LogP contribution in [0.4, 0.5) is 0 Å². The molecular weight excluding hydrogens is 336 g/mol. The van der Waals surface area contributed by atoms with Crippen molar-refractivity contribution < 1.29 is 9.47 Å². The molecule has 1 fully saturated rings. The molecule has 3 rings (SSSR count). The summed E-state index contributed by atoms with van der Waals surface area (Å²) in [5.74, 6) is 0.971. The summed E-state index contributed by atoms with van der Waals surface area (Å²) in [6, 6.07) is 17.7. The molecule has 0 amide bonds. The molecule has 4 heteroatoms. The van der Waals surface area contributed by atoms with Crippen LogP contribution in [-0.4, -0.2) is 38.3 Å². The van der Waals surface area contributed by atoms with Gasteiger partial charge in [0.1, 0.15) is 5.75 Å². The van der Waals surface area contributed by atoms with Gasteiger partial charge in [0.05, 0.1) is 20.3 Å². The molecule has 0 aliphatic carbocycles. The number of nitrogens with zero attached hydrogens (tertiary/aromatic N) is 1. The molecule has 0 radical (unpaired) electrons. The predicted molar refractivity (Wildman–Crippen MR) is 110 cm³/mol. The molecule has 1 saturated heterocycles. The Morgan fingerprint density at radius 3 is 2.59 bits per heavy atom. The second-order valence-corrected chi connectivity index (χ2v) is 7.17. The number of ether oxygens (including phenoxy) is 2. The van der Waals surface area contributed by atoms with Crippen molar-refractivity contribution in [2.75, 3.05) is 33.4 Å². The Kier molecular flexibility index (Phi) is 7.69. The maximum atomic E-state index is 5.60. The van der Waals surface area contributed by atoms with Crippen LogP contribution in [0, 0.1) is 0 Å². The fourth-order valence-electron chi connectivity index (χ4n) is 3.67. The first kappa shape index (κ1) is 19.9. The second-order valence-electron chi connectivity index (χ2n) is 7.17. The number of rotatable bonds is 9. The highest BCUT2D eigenvalue weighted by Crippen LogP contribution is 2.24. The van der Waals surface area contributed by atoms with Gasteiger partial charge in [0.15, 0.2) is 0 Å². The van der Waals surface area contributed by atoms with Gasteiger partial charge in [-0.1, -0.05) is 49.7 Å². The lowest BCUT2D eigenvalue weighted by atomic mass is 10.0. The summed E-state index contributed by atoms with van der Waals surface area (Å²) in [7, 11) is 1.75. The molecule has 4 nitrogen and oxygen atoms in total. The molecule has 1 unspecified atom stereocenters. The Balaban J connectivity index is 1.67. The van der Waals surface area contributed by atoms with Crippen LogP contribution in [0.25, 0.3) is 0 Å². The molecule has 2 aromatic carbocycles. The molecule has 1 N–H and O–H groups in total. The lowest BCUT2D eigenvalue weighted by Crippen LogP contribution is -2.35. The van der Waals surface area contributed by atoms with E-state index in [-0.39, 0.29) is 0 Å². The Morgan fingerprint density at radius 1 is 1.11 bits per heavy atom. The van der Waals surface area contributed by atoms with Crippen molar-refractivity contribution in [3.05, 3.63) is 65.2 Å². The maximum absolute atomic E-state index is 5.60. The standard InChI is InChI=1S/C23H32N2O2/c1-3-7-22(20-8-5-4-6-9-20)24-17-19-10-11-23(26-2)21(16-19)18-25-12-14-27-15-13-25/h4-6,8-11,16,22,24H,3,7,12-15,17-18H2,1-2H3. The maximum Gasteiger partial charge on any atom is 0.123 e. The zero-order valence-corrected chi connectivity index (χ0v) is 16.6. The summed E-state index contributed by atoms with van der Waals surface area (Å²) in [6.45, 7) is 7.62. The van der Waals surface area contributed by atoms with E-state index in [1.54, 1.807) is 7.11 Å². The first-order valence-corrected chi connectivity index (χ1v) is 10.0. The quantitative estimate of drug-likeness (QED) is 0.721. The minimum atomic E-state index is 0.390. The van der Waals surface area contributed by atoms with E-state index in [0.717, 1.165) is 58.0 Å². The van der Waals surface area contributed by atoms with Crippen LogP contribution in [0.15, 0.2) is 48.5 Å². The molecule has 1 aliphatic rings. The molecule has 1 atom stereocenters. The van der Waals surface area contributed by atoms with Crippen molar-refractivity contribution >= 4 is 0 Å². The van der Waals surface area contributed by atoms with Crippen molar-refractivity contribution in [3.63, 3.8) is 0 Å². The largest absolute Gasteiger partial charge is 0.496 e. The van der Waals surface area contributed by atoms with Crippen molar-refractivity contribution in [2.45, 2.75) is 38.9 Å².